The van der Waals surface area contributed by atoms with E-state index in [9.17, 15) is 0 Å². The van der Waals surface area contributed by atoms with E-state index >= 15 is 0 Å². The van der Waals surface area contributed by atoms with Crippen LogP contribution in [-0.4, -0.2) is 18.1 Å². The molecule has 0 aliphatic heterocycles. The standard InChI is InChI=1S/C7H17N3/c1-4-2-5(8)7(10)6(9)3-4/h4-7H,2-3,8-10H2,1H3. The van der Waals surface area contributed by atoms with Gasteiger partial charge in [0.25, 0.3) is 0 Å². The number of rotatable bonds is 0. The third-order valence-electron chi connectivity index (χ3n) is 2.34. The summed E-state index contributed by atoms with van der Waals surface area (Å²) in [5, 5.41) is 0. The summed E-state index contributed by atoms with van der Waals surface area (Å²) in [7, 11) is 0. The van der Waals surface area contributed by atoms with Crippen molar-refractivity contribution >= 4 is 0 Å². The van der Waals surface area contributed by atoms with Gasteiger partial charge in [0.05, 0.1) is 0 Å². The van der Waals surface area contributed by atoms with Gasteiger partial charge in [0.15, 0.2) is 0 Å². The van der Waals surface area contributed by atoms with Crippen molar-refractivity contribution in [3.63, 3.8) is 0 Å². The molecule has 0 saturated heterocycles. The van der Waals surface area contributed by atoms with Gasteiger partial charge in [0, 0.05) is 18.1 Å². The van der Waals surface area contributed by atoms with E-state index in [2.05, 4.69) is 6.92 Å². The maximum absolute atomic E-state index is 5.75. The first-order valence-corrected chi connectivity index (χ1v) is 3.88. The number of nitrogens with two attached hydrogens (primary N) is 3. The molecule has 0 aromatic heterocycles. The average Bonchev–Trinajstić information content (AvgIpc) is 1.82. The minimum Gasteiger partial charge on any atom is -0.326 e. The Morgan fingerprint density at radius 3 is 1.80 bits per heavy atom. The third-order valence-corrected chi connectivity index (χ3v) is 2.34. The van der Waals surface area contributed by atoms with Gasteiger partial charge in [-0.2, -0.15) is 0 Å². The van der Waals surface area contributed by atoms with Gasteiger partial charge >= 0.3 is 0 Å². The van der Waals surface area contributed by atoms with E-state index in [4.69, 9.17) is 17.2 Å². The van der Waals surface area contributed by atoms with Crippen LogP contribution >= 0.6 is 0 Å². The molecule has 0 spiro atoms. The predicted molar refractivity (Wildman–Crippen MR) is 42.3 cm³/mol. The first-order chi connectivity index (χ1) is 4.61. The van der Waals surface area contributed by atoms with Crippen LogP contribution in [0.1, 0.15) is 19.8 Å². The summed E-state index contributed by atoms with van der Waals surface area (Å²) in [6.45, 7) is 2.17. The molecule has 2 atom stereocenters. The highest BCUT2D eigenvalue weighted by Gasteiger charge is 2.28. The minimum absolute atomic E-state index is 0.0104. The van der Waals surface area contributed by atoms with E-state index in [-0.39, 0.29) is 18.1 Å². The van der Waals surface area contributed by atoms with Crippen LogP contribution in [0.25, 0.3) is 0 Å². The molecular formula is C7H17N3. The molecule has 1 aliphatic rings. The average molecular weight is 143 g/mol. The topological polar surface area (TPSA) is 78.1 Å². The molecule has 10 heavy (non-hydrogen) atoms. The Bertz CT molecular complexity index is 103. The largest absolute Gasteiger partial charge is 0.326 e. The molecule has 1 fully saturated rings. The van der Waals surface area contributed by atoms with Gasteiger partial charge in [-0.3, -0.25) is 0 Å². The molecular weight excluding hydrogens is 126 g/mol. The van der Waals surface area contributed by atoms with Crippen LogP contribution in [0.3, 0.4) is 0 Å². The molecule has 0 bridgehead atoms. The molecule has 1 saturated carbocycles. The molecule has 2 unspecified atom stereocenters. The van der Waals surface area contributed by atoms with Crippen molar-refractivity contribution in [1.82, 2.24) is 0 Å². The Morgan fingerprint density at radius 1 is 1.00 bits per heavy atom. The molecule has 1 rings (SSSR count). The Labute approximate surface area is 61.9 Å². The zero-order valence-electron chi connectivity index (χ0n) is 6.46. The number of hydrogen-bond donors (Lipinski definition) is 3. The Hall–Kier alpha value is -0.120. The van der Waals surface area contributed by atoms with Crippen molar-refractivity contribution in [2.75, 3.05) is 0 Å². The second-order valence-electron chi connectivity index (χ2n) is 3.48. The van der Waals surface area contributed by atoms with Crippen molar-refractivity contribution in [2.24, 2.45) is 23.1 Å². The van der Waals surface area contributed by atoms with Crippen LogP contribution in [0, 0.1) is 5.92 Å². The normalized spacial score (nSPS) is 49.2. The molecule has 60 valence electrons. The molecule has 0 radical (unpaired) electrons. The van der Waals surface area contributed by atoms with Gasteiger partial charge in [-0.25, -0.2) is 0 Å². The summed E-state index contributed by atoms with van der Waals surface area (Å²) in [5.41, 5.74) is 17.2. The van der Waals surface area contributed by atoms with E-state index in [1.807, 2.05) is 0 Å². The third kappa shape index (κ3) is 1.48. The monoisotopic (exact) mass is 143 g/mol. The van der Waals surface area contributed by atoms with Crippen molar-refractivity contribution < 1.29 is 0 Å². The first kappa shape index (κ1) is 7.98. The second kappa shape index (κ2) is 2.86. The minimum atomic E-state index is 0.0104. The predicted octanol–water partition coefficient (Wildman–Crippen LogP) is -0.602. The summed E-state index contributed by atoms with van der Waals surface area (Å²) < 4.78 is 0. The lowest BCUT2D eigenvalue weighted by Gasteiger charge is -2.34. The van der Waals surface area contributed by atoms with Crippen LogP contribution in [-0.2, 0) is 0 Å². The van der Waals surface area contributed by atoms with E-state index in [1.165, 1.54) is 0 Å². The molecule has 0 aromatic carbocycles. The van der Waals surface area contributed by atoms with Gasteiger partial charge in [-0.15, -0.1) is 0 Å². The highest BCUT2D eigenvalue weighted by atomic mass is 14.9. The lowest BCUT2D eigenvalue weighted by molar-refractivity contribution is 0.272. The summed E-state index contributed by atoms with van der Waals surface area (Å²) in [4.78, 5) is 0. The zero-order chi connectivity index (χ0) is 7.72. The van der Waals surface area contributed by atoms with Gasteiger partial charge in [0.1, 0.15) is 0 Å². The molecule has 1 aliphatic carbocycles. The van der Waals surface area contributed by atoms with E-state index in [0.717, 1.165) is 12.8 Å². The van der Waals surface area contributed by atoms with Crippen LogP contribution in [0.5, 0.6) is 0 Å². The Balaban J connectivity index is 2.49. The smallest absolute Gasteiger partial charge is 0.0346 e. The van der Waals surface area contributed by atoms with Gasteiger partial charge in [-0.1, -0.05) is 6.92 Å². The van der Waals surface area contributed by atoms with Gasteiger partial charge < -0.3 is 17.2 Å². The molecule has 3 nitrogen and oxygen atoms in total. The van der Waals surface area contributed by atoms with E-state index < -0.39 is 0 Å². The molecule has 0 heterocycles. The van der Waals surface area contributed by atoms with Gasteiger partial charge in [-0.05, 0) is 18.8 Å². The lowest BCUT2D eigenvalue weighted by atomic mass is 9.81. The molecule has 0 amide bonds. The van der Waals surface area contributed by atoms with Gasteiger partial charge in [0.2, 0.25) is 0 Å². The maximum atomic E-state index is 5.75. The van der Waals surface area contributed by atoms with Crippen LogP contribution in [0.4, 0.5) is 0 Å². The van der Waals surface area contributed by atoms with Crippen molar-refractivity contribution in [3.05, 3.63) is 0 Å². The summed E-state index contributed by atoms with van der Waals surface area (Å²) in [5.74, 6) is 0.643. The molecule has 0 aromatic rings. The summed E-state index contributed by atoms with van der Waals surface area (Å²) >= 11 is 0. The summed E-state index contributed by atoms with van der Waals surface area (Å²) in [6.07, 6.45) is 2.05. The SMILES string of the molecule is CC1CC(N)C(N)C(N)C1. The second-order valence-corrected chi connectivity index (χ2v) is 3.48. The van der Waals surface area contributed by atoms with Crippen LogP contribution in [0.2, 0.25) is 0 Å². The number of hydrogen-bond acceptors (Lipinski definition) is 3. The van der Waals surface area contributed by atoms with Crippen molar-refractivity contribution in [2.45, 2.75) is 37.9 Å². The highest BCUT2D eigenvalue weighted by Crippen LogP contribution is 2.20. The highest BCUT2D eigenvalue weighted by molar-refractivity contribution is 4.92. The maximum Gasteiger partial charge on any atom is 0.0346 e. The fraction of sp³-hybridized carbons (Fsp3) is 1.00. The van der Waals surface area contributed by atoms with Crippen LogP contribution in [0.15, 0.2) is 0 Å². The molecule has 3 heteroatoms. The van der Waals surface area contributed by atoms with Crippen molar-refractivity contribution in [1.29, 1.82) is 0 Å². The fourth-order valence-electron chi connectivity index (χ4n) is 1.66. The van der Waals surface area contributed by atoms with Crippen LogP contribution < -0.4 is 17.2 Å². The van der Waals surface area contributed by atoms with E-state index in [1.54, 1.807) is 0 Å². The Kier molecular flexibility index (Phi) is 2.28. The summed E-state index contributed by atoms with van der Waals surface area (Å²) in [6, 6.07) is 0.230. The quantitative estimate of drug-likeness (QED) is 0.423. The molecule has 6 N–H and O–H groups in total. The fourth-order valence-corrected chi connectivity index (χ4v) is 1.66. The first-order valence-electron chi connectivity index (χ1n) is 3.88. The van der Waals surface area contributed by atoms with Crippen molar-refractivity contribution in [3.8, 4) is 0 Å². The lowest BCUT2D eigenvalue weighted by Crippen LogP contribution is -2.57. The van der Waals surface area contributed by atoms with E-state index in [0.29, 0.717) is 5.92 Å². The zero-order valence-corrected chi connectivity index (χ0v) is 6.46. The Morgan fingerprint density at radius 2 is 1.40 bits per heavy atom.